The molecule has 1 rings (SSSR count). The summed E-state index contributed by atoms with van der Waals surface area (Å²) in [5, 5.41) is 9.78. The first-order valence-corrected chi connectivity index (χ1v) is 6.54. The number of hydrogen-bond acceptors (Lipinski definition) is 3. The molecule has 0 aromatic heterocycles. The van der Waals surface area contributed by atoms with E-state index in [1.54, 1.807) is 0 Å². The molecule has 0 aromatic carbocycles. The third-order valence-electron chi connectivity index (χ3n) is 3.16. The van der Waals surface area contributed by atoms with E-state index in [0.717, 1.165) is 25.6 Å². The summed E-state index contributed by atoms with van der Waals surface area (Å²) >= 11 is 0. The van der Waals surface area contributed by atoms with E-state index < -0.39 is 5.60 Å². The summed E-state index contributed by atoms with van der Waals surface area (Å²) in [6.45, 7) is 11.5. The van der Waals surface area contributed by atoms with Crippen molar-refractivity contribution in [2.45, 2.75) is 39.2 Å². The first kappa shape index (κ1) is 13.9. The number of hydrogen-bond donors (Lipinski definition) is 1. The van der Waals surface area contributed by atoms with Gasteiger partial charge in [-0.25, -0.2) is 0 Å². The molecular weight excluding hydrogens is 200 g/mol. The van der Waals surface area contributed by atoms with Crippen molar-refractivity contribution in [1.29, 1.82) is 0 Å². The molecule has 1 aliphatic heterocycles. The fourth-order valence-corrected chi connectivity index (χ4v) is 2.67. The molecule has 1 N–H and O–H groups in total. The summed E-state index contributed by atoms with van der Waals surface area (Å²) < 4.78 is 0. The zero-order valence-corrected chi connectivity index (χ0v) is 11.4. The van der Waals surface area contributed by atoms with Gasteiger partial charge in [0.2, 0.25) is 0 Å². The van der Waals surface area contributed by atoms with Crippen molar-refractivity contribution in [2.75, 3.05) is 39.8 Å². The molecule has 0 saturated carbocycles. The maximum absolute atomic E-state index is 9.78. The quantitative estimate of drug-likeness (QED) is 0.745. The van der Waals surface area contributed by atoms with Gasteiger partial charge in [-0.15, -0.1) is 0 Å². The van der Waals surface area contributed by atoms with Crippen LogP contribution >= 0.6 is 0 Å². The minimum absolute atomic E-state index is 0.551. The molecule has 3 nitrogen and oxygen atoms in total. The van der Waals surface area contributed by atoms with Gasteiger partial charge in [-0.2, -0.15) is 0 Å². The molecule has 96 valence electrons. The topological polar surface area (TPSA) is 26.7 Å². The Bertz CT molecular complexity index is 201. The van der Waals surface area contributed by atoms with Gasteiger partial charge >= 0.3 is 0 Å². The van der Waals surface area contributed by atoms with E-state index in [1.165, 1.54) is 25.9 Å². The van der Waals surface area contributed by atoms with Crippen LogP contribution in [0.1, 0.15) is 33.6 Å². The molecule has 16 heavy (non-hydrogen) atoms. The Kier molecular flexibility index (Phi) is 5.22. The zero-order valence-electron chi connectivity index (χ0n) is 11.4. The molecule has 0 amide bonds. The van der Waals surface area contributed by atoms with Crippen molar-refractivity contribution in [3.05, 3.63) is 0 Å². The standard InChI is InChI=1S/C13H28N2O/c1-5-7-14(4)9-12-6-8-15(10-12)11-13(2,3)16/h12,16H,5-11H2,1-4H3. The fourth-order valence-electron chi connectivity index (χ4n) is 2.67. The lowest BCUT2D eigenvalue weighted by molar-refractivity contribution is 0.0424. The average molecular weight is 228 g/mol. The summed E-state index contributed by atoms with van der Waals surface area (Å²) in [6, 6.07) is 0. The van der Waals surface area contributed by atoms with Crippen LogP contribution in [0.15, 0.2) is 0 Å². The van der Waals surface area contributed by atoms with Crippen LogP contribution in [0, 0.1) is 5.92 Å². The minimum atomic E-state index is -0.551. The highest BCUT2D eigenvalue weighted by Gasteiger charge is 2.27. The Morgan fingerprint density at radius 3 is 2.69 bits per heavy atom. The highest BCUT2D eigenvalue weighted by atomic mass is 16.3. The lowest BCUT2D eigenvalue weighted by Crippen LogP contribution is -2.38. The molecule has 0 aromatic rings. The van der Waals surface area contributed by atoms with Crippen LogP contribution in [0.3, 0.4) is 0 Å². The monoisotopic (exact) mass is 228 g/mol. The molecule has 1 aliphatic rings. The molecular formula is C13H28N2O. The van der Waals surface area contributed by atoms with Crippen molar-refractivity contribution in [3.63, 3.8) is 0 Å². The van der Waals surface area contributed by atoms with Crippen LogP contribution < -0.4 is 0 Å². The first-order valence-electron chi connectivity index (χ1n) is 6.54. The van der Waals surface area contributed by atoms with Crippen molar-refractivity contribution in [2.24, 2.45) is 5.92 Å². The van der Waals surface area contributed by atoms with E-state index in [-0.39, 0.29) is 0 Å². The van der Waals surface area contributed by atoms with Gasteiger partial charge < -0.3 is 14.9 Å². The number of likely N-dealkylation sites (tertiary alicyclic amines) is 1. The molecule has 1 unspecified atom stereocenters. The van der Waals surface area contributed by atoms with Gasteiger partial charge in [0.15, 0.2) is 0 Å². The Labute approximate surface area is 100 Å². The molecule has 0 aliphatic carbocycles. The fraction of sp³-hybridized carbons (Fsp3) is 1.00. The van der Waals surface area contributed by atoms with Crippen LogP contribution in [0.2, 0.25) is 0 Å². The third-order valence-corrected chi connectivity index (χ3v) is 3.16. The van der Waals surface area contributed by atoms with E-state index in [2.05, 4.69) is 23.8 Å². The van der Waals surface area contributed by atoms with Crippen molar-refractivity contribution >= 4 is 0 Å². The molecule has 1 atom stereocenters. The SMILES string of the molecule is CCCN(C)CC1CCN(CC(C)(C)O)C1. The Balaban J connectivity index is 2.24. The van der Waals surface area contributed by atoms with Crippen molar-refractivity contribution < 1.29 is 5.11 Å². The van der Waals surface area contributed by atoms with Crippen LogP contribution in [0.25, 0.3) is 0 Å². The van der Waals surface area contributed by atoms with E-state index in [1.807, 2.05) is 13.8 Å². The zero-order chi connectivity index (χ0) is 12.2. The van der Waals surface area contributed by atoms with E-state index in [9.17, 15) is 5.11 Å². The normalized spacial score (nSPS) is 23.2. The van der Waals surface area contributed by atoms with Crippen LogP contribution in [0.4, 0.5) is 0 Å². The van der Waals surface area contributed by atoms with Gasteiger partial charge in [0, 0.05) is 19.6 Å². The molecule has 1 saturated heterocycles. The lowest BCUT2D eigenvalue weighted by atomic mass is 10.1. The highest BCUT2D eigenvalue weighted by Crippen LogP contribution is 2.19. The summed E-state index contributed by atoms with van der Waals surface area (Å²) in [5.74, 6) is 0.791. The molecule has 0 bridgehead atoms. The molecule has 1 fully saturated rings. The number of rotatable bonds is 6. The summed E-state index contributed by atoms with van der Waals surface area (Å²) in [4.78, 5) is 4.82. The van der Waals surface area contributed by atoms with Gasteiger partial charge in [-0.1, -0.05) is 6.92 Å². The van der Waals surface area contributed by atoms with Crippen LogP contribution in [-0.2, 0) is 0 Å². The van der Waals surface area contributed by atoms with Gasteiger partial charge in [-0.3, -0.25) is 0 Å². The minimum Gasteiger partial charge on any atom is -0.389 e. The Hall–Kier alpha value is -0.120. The predicted molar refractivity (Wildman–Crippen MR) is 68.6 cm³/mol. The summed E-state index contributed by atoms with van der Waals surface area (Å²) in [5.41, 5.74) is -0.551. The number of β-amino-alcohol motifs (C(OH)–C–C–N with tert-alkyl or cyclic N) is 1. The number of aliphatic hydroxyl groups is 1. The number of nitrogens with zero attached hydrogens (tertiary/aromatic N) is 2. The molecule has 1 heterocycles. The molecule has 0 spiro atoms. The predicted octanol–water partition coefficient (Wildman–Crippen LogP) is 1.42. The second-order valence-electron chi connectivity index (χ2n) is 5.96. The average Bonchev–Trinajstić information content (AvgIpc) is 2.49. The smallest absolute Gasteiger partial charge is 0.0718 e. The van der Waals surface area contributed by atoms with Gasteiger partial charge in [-0.05, 0) is 52.7 Å². The second-order valence-corrected chi connectivity index (χ2v) is 5.96. The third kappa shape index (κ3) is 5.28. The van der Waals surface area contributed by atoms with Crippen LogP contribution in [-0.4, -0.2) is 60.3 Å². The lowest BCUT2D eigenvalue weighted by Gasteiger charge is -2.26. The maximum Gasteiger partial charge on any atom is 0.0718 e. The largest absolute Gasteiger partial charge is 0.389 e. The van der Waals surface area contributed by atoms with Crippen LogP contribution in [0.5, 0.6) is 0 Å². The molecule has 0 radical (unpaired) electrons. The van der Waals surface area contributed by atoms with Gasteiger partial charge in [0.05, 0.1) is 5.60 Å². The van der Waals surface area contributed by atoms with Crippen molar-refractivity contribution in [1.82, 2.24) is 9.80 Å². The molecule has 3 heteroatoms. The summed E-state index contributed by atoms with van der Waals surface area (Å²) in [7, 11) is 2.21. The van der Waals surface area contributed by atoms with E-state index >= 15 is 0 Å². The van der Waals surface area contributed by atoms with E-state index in [4.69, 9.17) is 0 Å². The Morgan fingerprint density at radius 2 is 2.12 bits per heavy atom. The maximum atomic E-state index is 9.78. The van der Waals surface area contributed by atoms with Gasteiger partial charge in [0.25, 0.3) is 0 Å². The first-order chi connectivity index (χ1) is 7.40. The summed E-state index contributed by atoms with van der Waals surface area (Å²) in [6.07, 6.45) is 2.51. The van der Waals surface area contributed by atoms with Gasteiger partial charge in [0.1, 0.15) is 0 Å². The highest BCUT2D eigenvalue weighted by molar-refractivity contribution is 4.81. The second kappa shape index (κ2) is 5.99. The van der Waals surface area contributed by atoms with Crippen molar-refractivity contribution in [3.8, 4) is 0 Å². The Morgan fingerprint density at radius 1 is 1.44 bits per heavy atom. The van der Waals surface area contributed by atoms with E-state index in [0.29, 0.717) is 0 Å².